The number of rotatable bonds is 12. The van der Waals surface area contributed by atoms with Crippen molar-refractivity contribution in [1.82, 2.24) is 5.32 Å². The number of alkyl halides is 3. The monoisotopic (exact) mass is 556 g/mol. The van der Waals surface area contributed by atoms with Gasteiger partial charge in [0.1, 0.15) is 12.4 Å². The number of anilines is 1. The van der Waals surface area contributed by atoms with Gasteiger partial charge < -0.3 is 20.5 Å². The number of hydrogen-bond acceptors (Lipinski definition) is 4. The Morgan fingerprint density at radius 1 is 0.975 bits per heavy atom. The number of benzene rings is 3. The minimum Gasteiger partial charge on any atom is -0.491 e. The zero-order valence-corrected chi connectivity index (χ0v) is 23.1. The summed E-state index contributed by atoms with van der Waals surface area (Å²) in [5.41, 5.74) is 3.98. The summed E-state index contributed by atoms with van der Waals surface area (Å²) in [5.74, 6) is -0.361. The molecule has 0 saturated carbocycles. The summed E-state index contributed by atoms with van der Waals surface area (Å²) >= 11 is 0. The van der Waals surface area contributed by atoms with Crippen molar-refractivity contribution in [2.75, 3.05) is 18.5 Å². The van der Waals surface area contributed by atoms with Gasteiger partial charge >= 0.3 is 12.1 Å². The molecule has 0 aliphatic carbocycles. The second kappa shape index (κ2) is 13.4. The number of ether oxygens (including phenoxy) is 1. The van der Waals surface area contributed by atoms with Crippen molar-refractivity contribution >= 4 is 17.6 Å². The summed E-state index contributed by atoms with van der Waals surface area (Å²) in [7, 11) is 0. The van der Waals surface area contributed by atoms with Crippen LogP contribution in [-0.4, -0.2) is 36.2 Å². The second-order valence-corrected chi connectivity index (χ2v) is 9.93. The molecule has 9 heteroatoms. The molecule has 0 aromatic heterocycles. The number of carbonyl (C=O) groups excluding carboxylic acids is 1. The molecule has 0 saturated heterocycles. The lowest BCUT2D eigenvalue weighted by atomic mass is 9.94. The Kier molecular flexibility index (Phi) is 10.2. The number of aryl methyl sites for hydroxylation is 2. The van der Waals surface area contributed by atoms with Gasteiger partial charge in [0.15, 0.2) is 0 Å². The number of amides is 1. The Balaban J connectivity index is 1.67. The van der Waals surface area contributed by atoms with Crippen LogP contribution in [0.2, 0.25) is 0 Å². The Bertz CT molecular complexity index is 1280. The molecule has 0 aliphatic heterocycles. The molecule has 2 atom stereocenters. The summed E-state index contributed by atoms with van der Waals surface area (Å²) in [5, 5.41) is 14.8. The van der Waals surface area contributed by atoms with Crippen molar-refractivity contribution in [1.29, 1.82) is 0 Å². The van der Waals surface area contributed by atoms with Gasteiger partial charge in [-0.3, -0.25) is 9.59 Å². The Hall–Kier alpha value is -4.01. The summed E-state index contributed by atoms with van der Waals surface area (Å²) < 4.78 is 45.1. The van der Waals surface area contributed by atoms with E-state index < -0.39 is 17.7 Å². The third kappa shape index (κ3) is 8.24. The van der Waals surface area contributed by atoms with E-state index in [2.05, 4.69) is 24.5 Å². The fourth-order valence-corrected chi connectivity index (χ4v) is 4.42. The molecular weight excluding hydrogens is 521 g/mol. The third-order valence-electron chi connectivity index (χ3n) is 6.89. The summed E-state index contributed by atoms with van der Waals surface area (Å²) in [6.45, 7) is 8.48. The number of halogens is 3. The van der Waals surface area contributed by atoms with Gasteiger partial charge in [0.05, 0.1) is 18.0 Å². The minimum absolute atomic E-state index is 0.0320. The molecule has 3 aromatic carbocycles. The molecule has 0 aliphatic rings. The molecule has 1 amide bonds. The maximum Gasteiger partial charge on any atom is 0.416 e. The Morgan fingerprint density at radius 2 is 1.57 bits per heavy atom. The van der Waals surface area contributed by atoms with E-state index in [4.69, 9.17) is 9.84 Å². The highest BCUT2D eigenvalue weighted by molar-refractivity contribution is 5.94. The predicted molar refractivity (Wildman–Crippen MR) is 150 cm³/mol. The molecule has 0 fully saturated rings. The van der Waals surface area contributed by atoms with E-state index in [0.717, 1.165) is 40.9 Å². The molecule has 0 unspecified atom stereocenters. The van der Waals surface area contributed by atoms with Crippen LogP contribution >= 0.6 is 0 Å². The first-order chi connectivity index (χ1) is 18.9. The van der Waals surface area contributed by atoms with E-state index in [1.54, 1.807) is 24.3 Å². The Labute approximate surface area is 232 Å². The number of hydrogen-bond donors (Lipinski definition) is 3. The molecule has 0 heterocycles. The van der Waals surface area contributed by atoms with Gasteiger partial charge in [-0.1, -0.05) is 32.4 Å². The van der Waals surface area contributed by atoms with E-state index in [1.165, 1.54) is 12.1 Å². The van der Waals surface area contributed by atoms with Gasteiger partial charge in [0.2, 0.25) is 0 Å². The highest BCUT2D eigenvalue weighted by Crippen LogP contribution is 2.34. The number of carboxylic acids is 1. The quantitative estimate of drug-likeness (QED) is 0.222. The summed E-state index contributed by atoms with van der Waals surface area (Å²) in [4.78, 5) is 22.8. The predicted octanol–water partition coefficient (Wildman–Crippen LogP) is 7.10. The average Bonchev–Trinajstić information content (AvgIpc) is 2.90. The molecule has 3 N–H and O–H groups in total. The first kappa shape index (κ1) is 30.5. The van der Waals surface area contributed by atoms with E-state index in [1.807, 2.05) is 26.0 Å². The topological polar surface area (TPSA) is 87.7 Å². The fourth-order valence-electron chi connectivity index (χ4n) is 4.42. The molecular formula is C31H35F3N2O4. The van der Waals surface area contributed by atoms with Crippen molar-refractivity contribution in [3.8, 4) is 16.9 Å². The summed E-state index contributed by atoms with van der Waals surface area (Å²) in [6, 6.07) is 15.9. The van der Waals surface area contributed by atoms with Crippen LogP contribution < -0.4 is 15.4 Å². The van der Waals surface area contributed by atoms with Crippen LogP contribution in [0.4, 0.5) is 18.9 Å². The van der Waals surface area contributed by atoms with E-state index >= 15 is 0 Å². The molecule has 0 radical (unpaired) electrons. The van der Waals surface area contributed by atoms with Crippen LogP contribution in [0.5, 0.6) is 5.75 Å². The zero-order chi connectivity index (χ0) is 29.4. The largest absolute Gasteiger partial charge is 0.491 e. The van der Waals surface area contributed by atoms with Crippen molar-refractivity contribution in [3.05, 3.63) is 82.9 Å². The van der Waals surface area contributed by atoms with Gasteiger partial charge in [-0.2, -0.15) is 13.2 Å². The van der Waals surface area contributed by atoms with E-state index in [0.29, 0.717) is 23.5 Å². The highest BCUT2D eigenvalue weighted by atomic mass is 19.4. The van der Waals surface area contributed by atoms with E-state index in [-0.39, 0.29) is 30.8 Å². The maximum absolute atomic E-state index is 13.0. The number of aliphatic carboxylic acids is 1. The van der Waals surface area contributed by atoms with Crippen LogP contribution in [0.15, 0.2) is 60.7 Å². The van der Waals surface area contributed by atoms with Gasteiger partial charge in [0.25, 0.3) is 5.91 Å². The summed E-state index contributed by atoms with van der Waals surface area (Å²) in [6.07, 6.45) is -3.60. The normalized spacial score (nSPS) is 12.9. The van der Waals surface area contributed by atoms with Crippen LogP contribution in [0.1, 0.15) is 53.7 Å². The SMILES string of the molecule is CC[C@H](C)[C@@H](COc1cc(C)c(-c2ccc(C(F)(F)F)cc2)c(C)c1)Nc1ccc(C(=O)NCCC(=O)O)cc1. The van der Waals surface area contributed by atoms with Gasteiger partial charge in [0, 0.05) is 17.8 Å². The lowest BCUT2D eigenvalue weighted by molar-refractivity contribution is -0.138. The number of carboxylic acid groups (broad SMARTS) is 1. The number of carbonyl (C=O) groups is 2. The van der Waals surface area contributed by atoms with Crippen LogP contribution in [0.25, 0.3) is 11.1 Å². The molecule has 6 nitrogen and oxygen atoms in total. The smallest absolute Gasteiger partial charge is 0.416 e. The molecule has 0 bridgehead atoms. The van der Waals surface area contributed by atoms with Gasteiger partial charge in [-0.05, 0) is 90.6 Å². The van der Waals surface area contributed by atoms with Crippen LogP contribution in [-0.2, 0) is 11.0 Å². The molecule has 214 valence electrons. The standard InChI is InChI=1S/C31H35F3N2O4/c1-5-19(2)27(36-25-12-8-23(9-13-25)30(39)35-15-14-28(37)38)18-40-26-16-20(3)29(21(4)17-26)22-6-10-24(11-7-22)31(32,33)34/h6-13,16-17,19,27,36H,5,14-15,18H2,1-4H3,(H,35,39)(H,37,38)/t19-,27+/m0/s1. The van der Waals surface area contributed by atoms with Crippen molar-refractivity contribution in [2.24, 2.45) is 5.92 Å². The third-order valence-corrected chi connectivity index (χ3v) is 6.89. The van der Waals surface area contributed by atoms with Crippen molar-refractivity contribution in [2.45, 2.75) is 52.8 Å². The molecule has 3 rings (SSSR count). The molecule has 3 aromatic rings. The van der Waals surface area contributed by atoms with Gasteiger partial charge in [-0.25, -0.2) is 0 Å². The Morgan fingerprint density at radius 3 is 2.10 bits per heavy atom. The van der Waals surface area contributed by atoms with Crippen LogP contribution in [0, 0.1) is 19.8 Å². The molecule has 0 spiro atoms. The van der Waals surface area contributed by atoms with Crippen LogP contribution in [0.3, 0.4) is 0 Å². The minimum atomic E-state index is -4.37. The fraction of sp³-hybridized carbons (Fsp3) is 0.355. The first-order valence-electron chi connectivity index (χ1n) is 13.2. The maximum atomic E-state index is 13.0. The lowest BCUT2D eigenvalue weighted by Gasteiger charge is -2.26. The van der Waals surface area contributed by atoms with Crippen molar-refractivity contribution < 1.29 is 32.6 Å². The second-order valence-electron chi connectivity index (χ2n) is 9.93. The average molecular weight is 557 g/mol. The van der Waals surface area contributed by atoms with Crippen molar-refractivity contribution in [3.63, 3.8) is 0 Å². The zero-order valence-electron chi connectivity index (χ0n) is 23.1. The highest BCUT2D eigenvalue weighted by Gasteiger charge is 2.30. The number of nitrogens with one attached hydrogen (secondary N) is 2. The van der Waals surface area contributed by atoms with E-state index in [9.17, 15) is 22.8 Å². The van der Waals surface area contributed by atoms with Gasteiger partial charge in [-0.15, -0.1) is 0 Å². The molecule has 40 heavy (non-hydrogen) atoms. The first-order valence-corrected chi connectivity index (χ1v) is 13.2. The lowest BCUT2D eigenvalue weighted by Crippen LogP contribution is -2.33.